The molecule has 1 aliphatic heterocycles. The van der Waals surface area contributed by atoms with Crippen LogP contribution < -0.4 is 5.32 Å². The van der Waals surface area contributed by atoms with E-state index in [1.165, 1.54) is 4.88 Å². The zero-order chi connectivity index (χ0) is 19.0. The first-order chi connectivity index (χ1) is 13.0. The molecular weight excluding hydrogens is 382 g/mol. The van der Waals surface area contributed by atoms with Crippen LogP contribution in [0.4, 0.5) is 5.69 Å². The Balaban J connectivity index is 1.67. The van der Waals surface area contributed by atoms with Gasteiger partial charge in [0.05, 0.1) is 34.1 Å². The van der Waals surface area contributed by atoms with Crippen molar-refractivity contribution in [2.75, 3.05) is 31.6 Å². The van der Waals surface area contributed by atoms with Crippen LogP contribution in [0.15, 0.2) is 24.3 Å². The molecule has 142 valence electrons. The third kappa shape index (κ3) is 3.89. The highest BCUT2D eigenvalue weighted by Crippen LogP contribution is 2.32. The van der Waals surface area contributed by atoms with E-state index in [4.69, 9.17) is 16.3 Å². The molecule has 5 nitrogen and oxygen atoms in total. The van der Waals surface area contributed by atoms with Crippen LogP contribution >= 0.6 is 22.9 Å². The second-order valence-corrected chi connectivity index (χ2v) is 8.57. The number of halogens is 1. The van der Waals surface area contributed by atoms with Crippen LogP contribution in [-0.2, 0) is 11.3 Å². The van der Waals surface area contributed by atoms with E-state index in [9.17, 15) is 4.79 Å². The van der Waals surface area contributed by atoms with Crippen LogP contribution in [0.25, 0.3) is 10.2 Å². The van der Waals surface area contributed by atoms with Gasteiger partial charge in [-0.15, -0.1) is 11.3 Å². The number of amides is 1. The van der Waals surface area contributed by atoms with E-state index in [2.05, 4.69) is 28.2 Å². The summed E-state index contributed by atoms with van der Waals surface area (Å²) in [4.78, 5) is 19.9. The molecule has 1 amide bonds. The van der Waals surface area contributed by atoms with Gasteiger partial charge in [-0.05, 0) is 37.6 Å². The summed E-state index contributed by atoms with van der Waals surface area (Å²) in [5.41, 5.74) is 4.35. The molecule has 0 bridgehead atoms. The fourth-order valence-corrected chi connectivity index (χ4v) is 4.58. The molecule has 27 heavy (non-hydrogen) atoms. The van der Waals surface area contributed by atoms with E-state index < -0.39 is 0 Å². The summed E-state index contributed by atoms with van der Waals surface area (Å²) in [5.74, 6) is -0.160. The van der Waals surface area contributed by atoms with Crippen molar-refractivity contribution < 1.29 is 9.53 Å². The number of benzene rings is 1. The number of carbonyl (C=O) groups excluding carboxylic acids is 1. The van der Waals surface area contributed by atoms with Crippen LogP contribution in [0.5, 0.6) is 0 Å². The molecule has 7 heteroatoms. The van der Waals surface area contributed by atoms with Gasteiger partial charge < -0.3 is 15.0 Å². The number of rotatable bonds is 4. The predicted molar refractivity (Wildman–Crippen MR) is 111 cm³/mol. The van der Waals surface area contributed by atoms with Crippen molar-refractivity contribution in [2.24, 2.45) is 0 Å². The number of nitrogens with one attached hydrogen (secondary N) is 2. The minimum Gasteiger partial charge on any atom is -0.379 e. The summed E-state index contributed by atoms with van der Waals surface area (Å²) >= 11 is 7.98. The van der Waals surface area contributed by atoms with Gasteiger partial charge in [0, 0.05) is 30.1 Å². The molecule has 0 radical (unpaired) electrons. The Labute approximate surface area is 167 Å². The van der Waals surface area contributed by atoms with Gasteiger partial charge in [0.15, 0.2) is 0 Å². The average molecular weight is 404 g/mol. The molecule has 1 aromatic carbocycles. The lowest BCUT2D eigenvalue weighted by molar-refractivity contribution is 0.0343. The average Bonchev–Trinajstić information content (AvgIpc) is 3.16. The summed E-state index contributed by atoms with van der Waals surface area (Å²) in [7, 11) is 0. The lowest BCUT2D eigenvalue weighted by Gasteiger charge is -2.26. The van der Waals surface area contributed by atoms with Crippen LogP contribution in [0.1, 0.15) is 26.5 Å². The highest BCUT2D eigenvalue weighted by Gasteiger charge is 2.23. The molecule has 2 N–H and O–H groups in total. The first kappa shape index (κ1) is 18.5. The van der Waals surface area contributed by atoms with Crippen molar-refractivity contribution in [3.63, 3.8) is 0 Å². The molecule has 1 fully saturated rings. The molecule has 3 heterocycles. The number of aromatic nitrogens is 1. The van der Waals surface area contributed by atoms with Crippen LogP contribution in [0, 0.1) is 13.8 Å². The highest BCUT2D eigenvalue weighted by molar-refractivity contribution is 7.19. The number of thiophene rings is 1. The van der Waals surface area contributed by atoms with E-state index in [0.29, 0.717) is 16.4 Å². The van der Waals surface area contributed by atoms with E-state index in [0.717, 1.165) is 54.2 Å². The van der Waals surface area contributed by atoms with E-state index in [-0.39, 0.29) is 5.91 Å². The van der Waals surface area contributed by atoms with Gasteiger partial charge >= 0.3 is 0 Å². The Morgan fingerprint density at radius 1 is 1.30 bits per heavy atom. The Morgan fingerprint density at radius 3 is 2.85 bits per heavy atom. The van der Waals surface area contributed by atoms with E-state index >= 15 is 0 Å². The topological polar surface area (TPSA) is 57.4 Å². The van der Waals surface area contributed by atoms with Gasteiger partial charge in [0.1, 0.15) is 5.69 Å². The fraction of sp³-hybridized carbons (Fsp3) is 0.350. The summed E-state index contributed by atoms with van der Waals surface area (Å²) in [6, 6.07) is 7.71. The summed E-state index contributed by atoms with van der Waals surface area (Å²) in [6.07, 6.45) is 0. The molecule has 4 rings (SSSR count). The number of H-pyrrole nitrogens is 1. The number of aryl methyl sites for hydroxylation is 2. The van der Waals surface area contributed by atoms with Crippen molar-refractivity contribution in [1.82, 2.24) is 9.88 Å². The number of nitrogens with zero attached hydrogens (tertiary/aromatic N) is 1. The first-order valence-corrected chi connectivity index (χ1v) is 10.2. The number of ether oxygens (including phenoxy) is 1. The summed E-state index contributed by atoms with van der Waals surface area (Å²) in [5, 5.41) is 3.50. The minimum atomic E-state index is -0.160. The van der Waals surface area contributed by atoms with E-state index in [1.54, 1.807) is 17.4 Å². The lowest BCUT2D eigenvalue weighted by atomic mass is 10.2. The molecular formula is C20H22ClN3O2S. The van der Waals surface area contributed by atoms with Gasteiger partial charge in [-0.25, -0.2) is 0 Å². The first-order valence-electron chi connectivity index (χ1n) is 9.00. The molecule has 0 spiro atoms. The van der Waals surface area contributed by atoms with Crippen molar-refractivity contribution in [2.45, 2.75) is 20.4 Å². The number of aromatic amines is 1. The van der Waals surface area contributed by atoms with Crippen LogP contribution in [0.2, 0.25) is 5.02 Å². The fourth-order valence-electron chi connectivity index (χ4n) is 3.40. The Kier molecular flexibility index (Phi) is 5.23. The molecule has 0 atom stereocenters. The van der Waals surface area contributed by atoms with Crippen LogP contribution in [0.3, 0.4) is 0 Å². The van der Waals surface area contributed by atoms with Gasteiger partial charge in [0.2, 0.25) is 0 Å². The maximum absolute atomic E-state index is 13.1. The number of fused-ring (bicyclic) bond motifs is 1. The van der Waals surface area contributed by atoms with Gasteiger partial charge in [-0.1, -0.05) is 17.7 Å². The van der Waals surface area contributed by atoms with Crippen molar-refractivity contribution in [3.05, 3.63) is 51.0 Å². The summed E-state index contributed by atoms with van der Waals surface area (Å²) in [6.45, 7) is 8.01. The normalized spacial score (nSPS) is 15.4. The van der Waals surface area contributed by atoms with Crippen molar-refractivity contribution in [1.29, 1.82) is 0 Å². The van der Waals surface area contributed by atoms with Gasteiger partial charge in [0.25, 0.3) is 5.91 Å². The Morgan fingerprint density at radius 2 is 2.07 bits per heavy atom. The SMILES string of the molecule is Cc1ccc(Cl)c(NC(=O)c2[nH]c3cc(C)sc3c2CN2CCOCC2)c1. The summed E-state index contributed by atoms with van der Waals surface area (Å²) < 4.78 is 6.60. The zero-order valence-corrected chi connectivity index (χ0v) is 17.0. The van der Waals surface area contributed by atoms with Crippen molar-refractivity contribution >= 4 is 44.7 Å². The molecule has 0 aliphatic carbocycles. The van der Waals surface area contributed by atoms with E-state index in [1.807, 2.05) is 19.1 Å². The van der Waals surface area contributed by atoms with Crippen LogP contribution in [-0.4, -0.2) is 42.1 Å². The monoisotopic (exact) mass is 403 g/mol. The molecule has 2 aromatic heterocycles. The minimum absolute atomic E-state index is 0.160. The second-order valence-electron chi connectivity index (χ2n) is 6.90. The smallest absolute Gasteiger partial charge is 0.272 e. The Bertz CT molecular complexity index is 989. The standard InChI is InChI=1S/C20H22ClN3O2S/c1-12-3-4-15(21)16(9-12)23-20(25)18-14(11-24-5-7-26-8-6-24)19-17(22-18)10-13(2)27-19/h3-4,9-10,22H,5-8,11H2,1-2H3,(H,23,25). The Hall–Kier alpha value is -1.86. The third-order valence-corrected chi connectivity index (χ3v) is 6.21. The number of carbonyl (C=O) groups is 1. The maximum atomic E-state index is 13.1. The quantitative estimate of drug-likeness (QED) is 0.670. The zero-order valence-electron chi connectivity index (χ0n) is 15.4. The lowest BCUT2D eigenvalue weighted by Crippen LogP contribution is -2.36. The van der Waals surface area contributed by atoms with Crippen molar-refractivity contribution in [3.8, 4) is 0 Å². The number of morpholine rings is 1. The number of hydrogen-bond donors (Lipinski definition) is 2. The van der Waals surface area contributed by atoms with Gasteiger partial charge in [-0.2, -0.15) is 0 Å². The third-order valence-electron chi connectivity index (χ3n) is 4.77. The number of anilines is 1. The predicted octanol–water partition coefficient (Wildman–Crippen LogP) is 4.58. The molecule has 1 aliphatic rings. The molecule has 0 saturated carbocycles. The maximum Gasteiger partial charge on any atom is 0.272 e. The van der Waals surface area contributed by atoms with Gasteiger partial charge in [-0.3, -0.25) is 9.69 Å². The number of hydrogen-bond acceptors (Lipinski definition) is 4. The highest BCUT2D eigenvalue weighted by atomic mass is 35.5. The second kappa shape index (κ2) is 7.64. The largest absolute Gasteiger partial charge is 0.379 e. The molecule has 0 unspecified atom stereocenters. The molecule has 1 saturated heterocycles. The molecule has 3 aromatic rings.